The van der Waals surface area contributed by atoms with Crippen molar-refractivity contribution in [1.29, 1.82) is 0 Å². The van der Waals surface area contributed by atoms with E-state index in [1.807, 2.05) is 20.8 Å². The van der Waals surface area contributed by atoms with E-state index < -0.39 is 0 Å². The summed E-state index contributed by atoms with van der Waals surface area (Å²) in [5.41, 5.74) is 9.74. The van der Waals surface area contributed by atoms with E-state index in [2.05, 4.69) is 56.3 Å². The lowest BCUT2D eigenvalue weighted by Crippen LogP contribution is -2.24. The fourth-order valence-corrected chi connectivity index (χ4v) is 2.38. The van der Waals surface area contributed by atoms with Crippen LogP contribution in [0.1, 0.15) is 72.4 Å². The lowest BCUT2D eigenvalue weighted by Gasteiger charge is -2.12. The lowest BCUT2D eigenvalue weighted by atomic mass is 9.98. The van der Waals surface area contributed by atoms with E-state index in [1.54, 1.807) is 0 Å². The van der Waals surface area contributed by atoms with Gasteiger partial charge in [-0.25, -0.2) is 0 Å². The summed E-state index contributed by atoms with van der Waals surface area (Å²) >= 11 is 0. The number of esters is 1. The van der Waals surface area contributed by atoms with Gasteiger partial charge in [0.05, 0.1) is 6.61 Å². The zero-order chi connectivity index (χ0) is 19.1. The first-order valence-corrected chi connectivity index (χ1v) is 9.44. The molecule has 3 heteroatoms. The SMILES string of the molecule is C.C/C=C(\C=C/CC)c1ccc(CC(N)CCC(=O)OCC)cc1.CC. The summed E-state index contributed by atoms with van der Waals surface area (Å²) in [4.78, 5) is 11.3. The van der Waals surface area contributed by atoms with Crippen molar-refractivity contribution < 1.29 is 9.53 Å². The van der Waals surface area contributed by atoms with Gasteiger partial charge in [-0.15, -0.1) is 0 Å². The molecule has 0 amide bonds. The molecular weight excluding hydrogens is 322 g/mol. The van der Waals surface area contributed by atoms with Crippen LogP contribution in [0.3, 0.4) is 0 Å². The van der Waals surface area contributed by atoms with Crippen molar-refractivity contribution in [2.75, 3.05) is 6.61 Å². The fourth-order valence-electron chi connectivity index (χ4n) is 2.38. The molecule has 0 fully saturated rings. The summed E-state index contributed by atoms with van der Waals surface area (Å²) in [7, 11) is 0. The molecule has 0 bridgehead atoms. The van der Waals surface area contributed by atoms with Crippen LogP contribution in [0, 0.1) is 0 Å². The number of rotatable bonds is 9. The molecule has 0 aliphatic carbocycles. The van der Waals surface area contributed by atoms with Gasteiger partial charge in [0.2, 0.25) is 0 Å². The second-order valence-electron chi connectivity index (χ2n) is 5.56. The van der Waals surface area contributed by atoms with Crippen LogP contribution < -0.4 is 5.73 Å². The van der Waals surface area contributed by atoms with Crippen LogP contribution in [0.15, 0.2) is 42.5 Å². The quantitative estimate of drug-likeness (QED) is 0.438. The summed E-state index contributed by atoms with van der Waals surface area (Å²) < 4.78 is 4.92. The zero-order valence-electron chi connectivity index (χ0n) is 16.5. The maximum absolute atomic E-state index is 11.3. The second kappa shape index (κ2) is 16.6. The van der Waals surface area contributed by atoms with Crippen molar-refractivity contribution in [2.24, 2.45) is 5.73 Å². The van der Waals surface area contributed by atoms with Crippen LogP contribution in [0.2, 0.25) is 0 Å². The fraction of sp³-hybridized carbons (Fsp3) is 0.522. The highest BCUT2D eigenvalue weighted by atomic mass is 16.5. The van der Waals surface area contributed by atoms with Gasteiger partial charge in [0.1, 0.15) is 0 Å². The first-order valence-electron chi connectivity index (χ1n) is 9.44. The first-order chi connectivity index (χ1) is 12.1. The molecule has 1 atom stereocenters. The third-order valence-corrected chi connectivity index (χ3v) is 3.65. The molecule has 0 spiro atoms. The molecule has 0 aromatic heterocycles. The Balaban J connectivity index is 0. The van der Waals surface area contributed by atoms with Crippen LogP contribution in [-0.4, -0.2) is 18.6 Å². The third kappa shape index (κ3) is 10.9. The van der Waals surface area contributed by atoms with E-state index in [-0.39, 0.29) is 19.4 Å². The van der Waals surface area contributed by atoms with Gasteiger partial charge in [0.25, 0.3) is 0 Å². The largest absolute Gasteiger partial charge is 0.466 e. The van der Waals surface area contributed by atoms with Crippen molar-refractivity contribution in [3.8, 4) is 0 Å². The molecule has 1 aromatic rings. The molecule has 1 rings (SSSR count). The van der Waals surface area contributed by atoms with Crippen molar-refractivity contribution in [3.63, 3.8) is 0 Å². The van der Waals surface area contributed by atoms with Crippen molar-refractivity contribution in [3.05, 3.63) is 53.6 Å². The average molecular weight is 362 g/mol. The summed E-state index contributed by atoms with van der Waals surface area (Å²) in [5, 5.41) is 0. The number of nitrogens with two attached hydrogens (primary N) is 1. The Morgan fingerprint density at radius 1 is 1.19 bits per heavy atom. The monoisotopic (exact) mass is 361 g/mol. The van der Waals surface area contributed by atoms with Gasteiger partial charge in [-0.05, 0) is 49.8 Å². The Morgan fingerprint density at radius 2 is 1.81 bits per heavy atom. The van der Waals surface area contributed by atoms with Gasteiger partial charge in [-0.1, -0.05) is 70.7 Å². The van der Waals surface area contributed by atoms with E-state index in [4.69, 9.17) is 10.5 Å². The van der Waals surface area contributed by atoms with Crippen LogP contribution in [0.4, 0.5) is 0 Å². The van der Waals surface area contributed by atoms with Crippen molar-refractivity contribution in [2.45, 2.75) is 73.8 Å². The van der Waals surface area contributed by atoms with Gasteiger partial charge in [0.15, 0.2) is 0 Å². The summed E-state index contributed by atoms with van der Waals surface area (Å²) in [6.45, 7) is 10.4. The van der Waals surface area contributed by atoms with E-state index >= 15 is 0 Å². The number of allylic oxidation sites excluding steroid dienone is 4. The minimum Gasteiger partial charge on any atom is -0.466 e. The minimum atomic E-state index is -0.168. The third-order valence-electron chi connectivity index (χ3n) is 3.65. The van der Waals surface area contributed by atoms with Crippen LogP contribution >= 0.6 is 0 Å². The first kappa shape index (κ1) is 26.4. The van der Waals surface area contributed by atoms with E-state index in [0.29, 0.717) is 19.4 Å². The standard InChI is InChI=1S/C20H29NO2.C2H6.CH4/c1-4-7-8-17(5-2)18-11-9-16(10-12-18)15-19(21)13-14-20(22)23-6-3;1-2;/h5,7-12,19H,4,6,13-15,21H2,1-3H3;1-2H3;1H4/b8-7-,17-5+;;. The molecule has 2 N–H and O–H groups in total. The molecule has 148 valence electrons. The Hall–Kier alpha value is -1.87. The Morgan fingerprint density at radius 3 is 2.31 bits per heavy atom. The second-order valence-corrected chi connectivity index (χ2v) is 5.56. The topological polar surface area (TPSA) is 52.3 Å². The number of hydrogen-bond acceptors (Lipinski definition) is 3. The lowest BCUT2D eigenvalue weighted by molar-refractivity contribution is -0.143. The predicted molar refractivity (Wildman–Crippen MR) is 115 cm³/mol. The van der Waals surface area contributed by atoms with Gasteiger partial charge in [-0.2, -0.15) is 0 Å². The molecule has 0 aliphatic rings. The Bertz CT molecular complexity index is 530. The summed E-state index contributed by atoms with van der Waals surface area (Å²) in [6.07, 6.45) is 9.28. The summed E-state index contributed by atoms with van der Waals surface area (Å²) in [6, 6.07) is 8.46. The maximum Gasteiger partial charge on any atom is 0.305 e. The highest BCUT2D eigenvalue weighted by Crippen LogP contribution is 2.18. The van der Waals surface area contributed by atoms with Gasteiger partial charge in [-0.3, -0.25) is 4.79 Å². The molecule has 1 aromatic carbocycles. The Kier molecular flexibility index (Phi) is 16.8. The van der Waals surface area contributed by atoms with Crippen LogP contribution in [0.5, 0.6) is 0 Å². The van der Waals surface area contributed by atoms with Crippen LogP contribution in [-0.2, 0) is 16.0 Å². The molecule has 0 saturated heterocycles. The van der Waals surface area contributed by atoms with Gasteiger partial charge in [0, 0.05) is 12.5 Å². The van der Waals surface area contributed by atoms with Crippen LogP contribution in [0.25, 0.3) is 5.57 Å². The highest BCUT2D eigenvalue weighted by molar-refractivity contribution is 5.73. The minimum absolute atomic E-state index is 0. The average Bonchev–Trinajstić information content (AvgIpc) is 2.64. The van der Waals surface area contributed by atoms with E-state index in [9.17, 15) is 4.79 Å². The molecular formula is C23H39NO2. The Labute approximate surface area is 161 Å². The number of carbonyl (C=O) groups excluding carboxylic acids is 1. The van der Waals surface area contributed by atoms with E-state index in [0.717, 1.165) is 12.8 Å². The molecule has 0 aliphatic heterocycles. The normalized spacial score (nSPS) is 12.0. The number of ether oxygens (including phenoxy) is 1. The number of benzene rings is 1. The number of hydrogen-bond donors (Lipinski definition) is 1. The van der Waals surface area contributed by atoms with Crippen molar-refractivity contribution in [1.82, 2.24) is 0 Å². The smallest absolute Gasteiger partial charge is 0.305 e. The highest BCUT2D eigenvalue weighted by Gasteiger charge is 2.09. The molecule has 0 heterocycles. The molecule has 3 nitrogen and oxygen atoms in total. The molecule has 0 saturated carbocycles. The predicted octanol–water partition coefficient (Wildman–Crippen LogP) is 5.93. The molecule has 0 radical (unpaired) electrons. The summed E-state index contributed by atoms with van der Waals surface area (Å²) in [5.74, 6) is -0.168. The molecule has 26 heavy (non-hydrogen) atoms. The molecule has 1 unspecified atom stereocenters. The zero-order valence-corrected chi connectivity index (χ0v) is 16.5. The van der Waals surface area contributed by atoms with Gasteiger partial charge < -0.3 is 10.5 Å². The van der Waals surface area contributed by atoms with Gasteiger partial charge >= 0.3 is 5.97 Å². The van der Waals surface area contributed by atoms with E-state index in [1.165, 1.54) is 16.7 Å². The maximum atomic E-state index is 11.3. The van der Waals surface area contributed by atoms with Crippen molar-refractivity contribution >= 4 is 11.5 Å². The number of carbonyl (C=O) groups is 1.